The van der Waals surface area contributed by atoms with Gasteiger partial charge in [0.25, 0.3) is 0 Å². The molecule has 2 atom stereocenters. The van der Waals surface area contributed by atoms with Crippen LogP contribution in [0.3, 0.4) is 0 Å². The Hall–Kier alpha value is -0.840. The van der Waals surface area contributed by atoms with Crippen molar-refractivity contribution in [1.82, 2.24) is 4.90 Å². The first-order valence-corrected chi connectivity index (χ1v) is 6.83. The van der Waals surface area contributed by atoms with E-state index in [9.17, 15) is 9.18 Å². The summed E-state index contributed by atoms with van der Waals surface area (Å²) < 4.78 is 13.6. The summed E-state index contributed by atoms with van der Waals surface area (Å²) >= 11 is 5.93. The number of carbonyl (C=O) groups is 1. The van der Waals surface area contributed by atoms with E-state index >= 15 is 0 Å². The summed E-state index contributed by atoms with van der Waals surface area (Å²) in [5, 5.41) is 0.302. The van der Waals surface area contributed by atoms with Crippen molar-refractivity contribution in [2.45, 2.75) is 25.8 Å². The third kappa shape index (κ3) is 3.84. The number of nitrogens with zero attached hydrogens (tertiary/aromatic N) is 1. The van der Waals surface area contributed by atoms with Gasteiger partial charge in [0.2, 0.25) is 5.91 Å². The van der Waals surface area contributed by atoms with E-state index in [0.717, 1.165) is 6.42 Å². The van der Waals surface area contributed by atoms with E-state index in [2.05, 4.69) is 0 Å². The van der Waals surface area contributed by atoms with Gasteiger partial charge in [0, 0.05) is 29.7 Å². The molecule has 1 aromatic carbocycles. The van der Waals surface area contributed by atoms with Crippen molar-refractivity contribution >= 4 is 29.9 Å². The molecule has 2 unspecified atom stereocenters. The summed E-state index contributed by atoms with van der Waals surface area (Å²) in [6.45, 7) is 3.30. The quantitative estimate of drug-likeness (QED) is 0.930. The zero-order valence-corrected chi connectivity index (χ0v) is 12.9. The summed E-state index contributed by atoms with van der Waals surface area (Å²) in [6, 6.07) is 4.54. The highest BCUT2D eigenvalue weighted by molar-refractivity contribution is 6.31. The number of benzene rings is 1. The van der Waals surface area contributed by atoms with E-state index in [-0.39, 0.29) is 36.3 Å². The van der Waals surface area contributed by atoms with Crippen molar-refractivity contribution in [1.29, 1.82) is 0 Å². The van der Waals surface area contributed by atoms with Gasteiger partial charge in [-0.05, 0) is 31.4 Å². The summed E-state index contributed by atoms with van der Waals surface area (Å²) in [7, 11) is 0. The fraction of sp³-hybridized carbons (Fsp3) is 0.500. The van der Waals surface area contributed by atoms with Crippen LogP contribution in [0, 0.1) is 11.7 Å². The van der Waals surface area contributed by atoms with E-state index in [1.54, 1.807) is 11.0 Å². The first-order valence-electron chi connectivity index (χ1n) is 6.45. The Morgan fingerprint density at radius 3 is 2.85 bits per heavy atom. The maximum absolute atomic E-state index is 13.6. The van der Waals surface area contributed by atoms with Crippen molar-refractivity contribution in [3.05, 3.63) is 34.6 Å². The number of hydrogen-bond acceptors (Lipinski definition) is 2. The van der Waals surface area contributed by atoms with Crippen LogP contribution in [0.5, 0.6) is 0 Å². The Kier molecular flexibility index (Phi) is 6.24. The molecule has 1 saturated heterocycles. The van der Waals surface area contributed by atoms with Crippen molar-refractivity contribution in [3.63, 3.8) is 0 Å². The standard InChI is InChI=1S/C14H18ClFN2O.ClH/c1-9(17)10-5-6-18(8-10)14(19)7-11-12(15)3-2-4-13(11)16;/h2-4,9-10H,5-8,17H2,1H3;1H. The molecule has 0 radical (unpaired) electrons. The first-order chi connectivity index (χ1) is 8.99. The molecule has 0 aromatic heterocycles. The first kappa shape index (κ1) is 17.2. The smallest absolute Gasteiger partial charge is 0.227 e. The van der Waals surface area contributed by atoms with Crippen LogP contribution >= 0.6 is 24.0 Å². The average Bonchev–Trinajstić information content (AvgIpc) is 2.83. The highest BCUT2D eigenvalue weighted by Crippen LogP contribution is 2.23. The molecule has 1 aliphatic rings. The van der Waals surface area contributed by atoms with Crippen molar-refractivity contribution in [2.75, 3.05) is 13.1 Å². The van der Waals surface area contributed by atoms with Gasteiger partial charge < -0.3 is 10.6 Å². The largest absolute Gasteiger partial charge is 0.342 e. The lowest BCUT2D eigenvalue weighted by Crippen LogP contribution is -2.34. The lowest BCUT2D eigenvalue weighted by Gasteiger charge is -2.18. The van der Waals surface area contributed by atoms with E-state index in [1.165, 1.54) is 12.1 Å². The minimum Gasteiger partial charge on any atom is -0.342 e. The summed E-state index contributed by atoms with van der Waals surface area (Å²) in [5.41, 5.74) is 6.12. The zero-order chi connectivity index (χ0) is 14.0. The van der Waals surface area contributed by atoms with E-state index < -0.39 is 5.82 Å². The van der Waals surface area contributed by atoms with Crippen molar-refractivity contribution in [2.24, 2.45) is 11.7 Å². The van der Waals surface area contributed by atoms with Gasteiger partial charge in [0.05, 0.1) is 6.42 Å². The predicted molar refractivity (Wildman–Crippen MR) is 80.7 cm³/mol. The van der Waals surface area contributed by atoms with Crippen LogP contribution in [-0.4, -0.2) is 29.9 Å². The molecule has 2 rings (SSSR count). The summed E-state index contributed by atoms with van der Waals surface area (Å²) in [6.07, 6.45) is 0.922. The van der Waals surface area contributed by atoms with Crippen LogP contribution in [0.25, 0.3) is 0 Å². The number of halogens is 3. The van der Waals surface area contributed by atoms with Gasteiger partial charge in [-0.1, -0.05) is 17.7 Å². The van der Waals surface area contributed by atoms with Crippen LogP contribution in [0.2, 0.25) is 5.02 Å². The minimum absolute atomic E-state index is 0. The van der Waals surface area contributed by atoms with Crippen LogP contribution < -0.4 is 5.73 Å². The molecule has 0 aliphatic carbocycles. The molecule has 1 amide bonds. The van der Waals surface area contributed by atoms with Gasteiger partial charge in [0.1, 0.15) is 5.82 Å². The number of amides is 1. The third-order valence-corrected chi connectivity index (χ3v) is 4.06. The SMILES string of the molecule is CC(N)C1CCN(C(=O)Cc2c(F)cccc2Cl)C1.Cl. The normalized spacial score (nSPS) is 19.6. The molecule has 1 heterocycles. The predicted octanol–water partition coefficient (Wildman–Crippen LogP) is 2.64. The van der Waals surface area contributed by atoms with Crippen molar-refractivity contribution in [3.8, 4) is 0 Å². The Labute approximate surface area is 129 Å². The van der Waals surface area contributed by atoms with Crippen molar-refractivity contribution < 1.29 is 9.18 Å². The van der Waals surface area contributed by atoms with Gasteiger partial charge in [-0.2, -0.15) is 0 Å². The lowest BCUT2D eigenvalue weighted by molar-refractivity contribution is -0.129. The zero-order valence-electron chi connectivity index (χ0n) is 11.3. The average molecular weight is 321 g/mol. The highest BCUT2D eigenvalue weighted by Gasteiger charge is 2.28. The van der Waals surface area contributed by atoms with Crippen LogP contribution in [0.4, 0.5) is 4.39 Å². The van der Waals surface area contributed by atoms with Gasteiger partial charge in [-0.3, -0.25) is 4.79 Å². The molecule has 0 spiro atoms. The molecular formula is C14H19Cl2FN2O. The van der Waals surface area contributed by atoms with Gasteiger partial charge in [-0.25, -0.2) is 4.39 Å². The summed E-state index contributed by atoms with van der Waals surface area (Å²) in [5.74, 6) is -0.181. The summed E-state index contributed by atoms with van der Waals surface area (Å²) in [4.78, 5) is 13.9. The number of rotatable bonds is 3. The fourth-order valence-corrected chi connectivity index (χ4v) is 2.64. The molecule has 2 N–H and O–H groups in total. The second kappa shape index (κ2) is 7.25. The van der Waals surface area contributed by atoms with Crippen LogP contribution in [-0.2, 0) is 11.2 Å². The minimum atomic E-state index is -0.427. The molecule has 3 nitrogen and oxygen atoms in total. The highest BCUT2D eigenvalue weighted by atomic mass is 35.5. The van der Waals surface area contributed by atoms with Gasteiger partial charge in [-0.15, -0.1) is 12.4 Å². The molecule has 6 heteroatoms. The lowest BCUT2D eigenvalue weighted by atomic mass is 10.0. The maximum Gasteiger partial charge on any atom is 0.227 e. The maximum atomic E-state index is 13.6. The number of hydrogen-bond donors (Lipinski definition) is 1. The van der Waals surface area contributed by atoms with E-state index in [0.29, 0.717) is 24.0 Å². The third-order valence-electron chi connectivity index (χ3n) is 3.71. The Balaban J connectivity index is 0.00000200. The number of nitrogens with two attached hydrogens (primary N) is 1. The fourth-order valence-electron chi connectivity index (χ4n) is 2.41. The van der Waals surface area contributed by atoms with E-state index in [1.807, 2.05) is 6.92 Å². The molecule has 112 valence electrons. The van der Waals surface area contributed by atoms with Gasteiger partial charge >= 0.3 is 0 Å². The molecule has 1 fully saturated rings. The molecular weight excluding hydrogens is 302 g/mol. The number of carbonyl (C=O) groups excluding carboxylic acids is 1. The monoisotopic (exact) mass is 320 g/mol. The van der Waals surface area contributed by atoms with E-state index in [4.69, 9.17) is 17.3 Å². The second-order valence-electron chi connectivity index (χ2n) is 5.12. The molecule has 1 aliphatic heterocycles. The molecule has 0 bridgehead atoms. The van der Waals surface area contributed by atoms with Gasteiger partial charge in [0.15, 0.2) is 0 Å². The van der Waals surface area contributed by atoms with Crippen LogP contribution in [0.15, 0.2) is 18.2 Å². The molecule has 1 aromatic rings. The Bertz CT molecular complexity index is 462. The van der Waals surface area contributed by atoms with Crippen LogP contribution in [0.1, 0.15) is 18.9 Å². The topological polar surface area (TPSA) is 46.3 Å². The Morgan fingerprint density at radius 1 is 1.60 bits per heavy atom. The Morgan fingerprint density at radius 2 is 2.30 bits per heavy atom. The molecule has 0 saturated carbocycles. The second-order valence-corrected chi connectivity index (χ2v) is 5.53. The number of likely N-dealkylation sites (tertiary alicyclic amines) is 1. The molecule has 20 heavy (non-hydrogen) atoms.